The summed E-state index contributed by atoms with van der Waals surface area (Å²) in [6.07, 6.45) is 0.837. The summed E-state index contributed by atoms with van der Waals surface area (Å²) >= 11 is 6.27. The standard InChI is InChI=1S/C25H25ClN2O4/c1-3-16(4-2)27-24(29)23-15-28(19-11-7-8-12-21(19)32-23)25(30)22-14-13-20(31-22)17-9-5-6-10-18(17)26/h5-14,16,23H,3-4,15H2,1-2H3,(H,27,29). The highest BCUT2D eigenvalue weighted by Crippen LogP contribution is 2.35. The minimum atomic E-state index is -0.813. The molecular weight excluding hydrogens is 428 g/mol. The Kier molecular flexibility index (Phi) is 6.51. The average molecular weight is 453 g/mol. The fraction of sp³-hybridized carbons (Fsp3) is 0.280. The van der Waals surface area contributed by atoms with Gasteiger partial charge in [-0.1, -0.05) is 49.7 Å². The molecule has 1 atom stereocenters. The zero-order valence-electron chi connectivity index (χ0n) is 18.0. The number of halogens is 1. The number of nitrogens with zero attached hydrogens (tertiary/aromatic N) is 1. The topological polar surface area (TPSA) is 71.8 Å². The Balaban J connectivity index is 1.61. The summed E-state index contributed by atoms with van der Waals surface area (Å²) in [4.78, 5) is 27.8. The largest absolute Gasteiger partial charge is 0.477 e. The van der Waals surface area contributed by atoms with Gasteiger partial charge in [-0.15, -0.1) is 0 Å². The lowest BCUT2D eigenvalue weighted by molar-refractivity contribution is -0.128. The molecule has 3 aromatic rings. The molecule has 0 radical (unpaired) electrons. The second-order valence-corrected chi connectivity index (χ2v) is 8.06. The Bertz CT molecular complexity index is 1120. The van der Waals surface area contributed by atoms with Crippen LogP contribution in [0, 0.1) is 0 Å². The van der Waals surface area contributed by atoms with E-state index in [1.165, 1.54) is 4.90 Å². The predicted molar refractivity (Wildman–Crippen MR) is 124 cm³/mol. The SMILES string of the molecule is CCC(CC)NC(=O)C1CN(C(=O)c2ccc(-c3ccccc3Cl)o2)c2ccccc2O1. The van der Waals surface area contributed by atoms with Crippen molar-refractivity contribution in [3.63, 3.8) is 0 Å². The molecular formula is C25H25ClN2O4. The number of para-hydroxylation sites is 2. The first-order valence-electron chi connectivity index (χ1n) is 10.7. The summed E-state index contributed by atoms with van der Waals surface area (Å²) in [5.74, 6) is 0.565. The van der Waals surface area contributed by atoms with Gasteiger partial charge in [0.2, 0.25) is 0 Å². The summed E-state index contributed by atoms with van der Waals surface area (Å²) in [7, 11) is 0. The van der Waals surface area contributed by atoms with E-state index in [4.69, 9.17) is 20.8 Å². The monoisotopic (exact) mass is 452 g/mol. The molecule has 0 aliphatic carbocycles. The fourth-order valence-corrected chi connectivity index (χ4v) is 3.97. The quantitative estimate of drug-likeness (QED) is 0.550. The maximum absolute atomic E-state index is 13.4. The minimum Gasteiger partial charge on any atom is -0.477 e. The highest BCUT2D eigenvalue weighted by Gasteiger charge is 2.35. The van der Waals surface area contributed by atoms with Crippen molar-refractivity contribution in [2.75, 3.05) is 11.4 Å². The van der Waals surface area contributed by atoms with Crippen molar-refractivity contribution in [1.82, 2.24) is 5.32 Å². The summed E-state index contributed by atoms with van der Waals surface area (Å²) in [5.41, 5.74) is 1.30. The molecule has 6 nitrogen and oxygen atoms in total. The van der Waals surface area contributed by atoms with Crippen LogP contribution in [-0.2, 0) is 4.79 Å². The number of ether oxygens (including phenoxy) is 1. The second kappa shape index (κ2) is 9.49. The normalized spacial score (nSPS) is 15.2. The molecule has 0 saturated heterocycles. The van der Waals surface area contributed by atoms with E-state index in [2.05, 4.69) is 5.32 Å². The van der Waals surface area contributed by atoms with Gasteiger partial charge >= 0.3 is 0 Å². The van der Waals surface area contributed by atoms with Gasteiger partial charge in [0.05, 0.1) is 17.3 Å². The van der Waals surface area contributed by atoms with Crippen LogP contribution in [0.5, 0.6) is 5.75 Å². The molecule has 7 heteroatoms. The zero-order chi connectivity index (χ0) is 22.7. The van der Waals surface area contributed by atoms with Gasteiger partial charge in [0.15, 0.2) is 11.9 Å². The number of carbonyl (C=O) groups is 2. The van der Waals surface area contributed by atoms with E-state index in [-0.39, 0.29) is 30.2 Å². The van der Waals surface area contributed by atoms with Crippen molar-refractivity contribution in [3.05, 3.63) is 71.4 Å². The fourth-order valence-electron chi connectivity index (χ4n) is 3.74. The summed E-state index contributed by atoms with van der Waals surface area (Å²) in [6.45, 7) is 4.13. The Hall–Kier alpha value is -3.25. The highest BCUT2D eigenvalue weighted by atomic mass is 35.5. The van der Waals surface area contributed by atoms with Gasteiger partial charge in [0.1, 0.15) is 11.5 Å². The molecule has 2 aromatic carbocycles. The minimum absolute atomic E-state index is 0.0654. The van der Waals surface area contributed by atoms with Gasteiger partial charge < -0.3 is 14.5 Å². The number of carbonyl (C=O) groups excluding carboxylic acids is 2. The highest BCUT2D eigenvalue weighted by molar-refractivity contribution is 6.33. The van der Waals surface area contributed by atoms with Crippen molar-refractivity contribution in [2.45, 2.75) is 38.8 Å². The van der Waals surface area contributed by atoms with Gasteiger partial charge in [-0.3, -0.25) is 14.5 Å². The van der Waals surface area contributed by atoms with Gasteiger partial charge in [-0.05, 0) is 49.2 Å². The van der Waals surface area contributed by atoms with Gasteiger partial charge in [-0.2, -0.15) is 0 Å². The van der Waals surface area contributed by atoms with Crippen LogP contribution in [0.4, 0.5) is 5.69 Å². The van der Waals surface area contributed by atoms with Crippen LogP contribution >= 0.6 is 11.6 Å². The third kappa shape index (κ3) is 4.36. The molecule has 4 rings (SSSR count). The third-order valence-electron chi connectivity index (χ3n) is 5.60. The van der Waals surface area contributed by atoms with Crippen LogP contribution in [-0.4, -0.2) is 30.5 Å². The number of amides is 2. The van der Waals surface area contributed by atoms with E-state index < -0.39 is 6.10 Å². The number of rotatable bonds is 6. The maximum Gasteiger partial charge on any atom is 0.294 e. The summed E-state index contributed by atoms with van der Waals surface area (Å²) in [6, 6.07) is 17.9. The lowest BCUT2D eigenvalue weighted by Gasteiger charge is -2.34. The molecule has 32 heavy (non-hydrogen) atoms. The first-order chi connectivity index (χ1) is 15.5. The molecule has 0 spiro atoms. The Morgan fingerprint density at radius 3 is 2.53 bits per heavy atom. The summed E-state index contributed by atoms with van der Waals surface area (Å²) in [5, 5.41) is 3.55. The third-order valence-corrected chi connectivity index (χ3v) is 5.93. The van der Waals surface area contributed by atoms with Crippen LogP contribution < -0.4 is 15.0 Å². The van der Waals surface area contributed by atoms with Crippen molar-refractivity contribution in [2.24, 2.45) is 0 Å². The Morgan fingerprint density at radius 1 is 1.06 bits per heavy atom. The molecule has 0 saturated carbocycles. The van der Waals surface area contributed by atoms with Crippen LogP contribution in [0.1, 0.15) is 37.2 Å². The molecule has 1 unspecified atom stereocenters. The van der Waals surface area contributed by atoms with Crippen molar-refractivity contribution < 1.29 is 18.7 Å². The Morgan fingerprint density at radius 2 is 1.78 bits per heavy atom. The van der Waals surface area contributed by atoms with Crippen LogP contribution in [0.15, 0.2) is 65.1 Å². The van der Waals surface area contributed by atoms with Crippen LogP contribution in [0.25, 0.3) is 11.3 Å². The number of hydrogen-bond acceptors (Lipinski definition) is 4. The van der Waals surface area contributed by atoms with E-state index in [0.717, 1.165) is 12.8 Å². The lowest BCUT2D eigenvalue weighted by Crippen LogP contribution is -2.52. The molecule has 0 bridgehead atoms. The summed E-state index contributed by atoms with van der Waals surface area (Å²) < 4.78 is 11.8. The molecule has 1 aliphatic heterocycles. The van der Waals surface area contributed by atoms with Crippen LogP contribution in [0.2, 0.25) is 5.02 Å². The molecule has 2 amide bonds. The molecule has 2 heterocycles. The van der Waals surface area contributed by atoms with E-state index in [0.29, 0.717) is 27.8 Å². The van der Waals surface area contributed by atoms with Crippen molar-refractivity contribution in [1.29, 1.82) is 0 Å². The maximum atomic E-state index is 13.4. The average Bonchev–Trinajstić information content (AvgIpc) is 3.31. The lowest BCUT2D eigenvalue weighted by atomic mass is 10.1. The van der Waals surface area contributed by atoms with E-state index in [1.807, 2.05) is 44.2 Å². The second-order valence-electron chi connectivity index (χ2n) is 7.66. The van der Waals surface area contributed by atoms with Crippen molar-refractivity contribution >= 4 is 29.1 Å². The predicted octanol–water partition coefficient (Wildman–Crippen LogP) is 5.31. The Labute approximate surface area is 192 Å². The van der Waals surface area contributed by atoms with E-state index in [9.17, 15) is 9.59 Å². The first kappa shape index (κ1) is 22.0. The zero-order valence-corrected chi connectivity index (χ0v) is 18.8. The van der Waals surface area contributed by atoms with Gasteiger partial charge in [-0.25, -0.2) is 0 Å². The van der Waals surface area contributed by atoms with Crippen LogP contribution in [0.3, 0.4) is 0 Å². The van der Waals surface area contributed by atoms with Gasteiger partial charge in [0, 0.05) is 11.6 Å². The number of fused-ring (bicyclic) bond motifs is 1. The first-order valence-corrected chi connectivity index (χ1v) is 11.1. The molecule has 166 valence electrons. The number of furan rings is 1. The number of anilines is 1. The number of hydrogen-bond donors (Lipinski definition) is 1. The molecule has 1 N–H and O–H groups in total. The van der Waals surface area contributed by atoms with E-state index >= 15 is 0 Å². The van der Waals surface area contributed by atoms with Crippen molar-refractivity contribution in [3.8, 4) is 17.1 Å². The van der Waals surface area contributed by atoms with E-state index in [1.54, 1.807) is 30.3 Å². The molecule has 1 aliphatic rings. The smallest absolute Gasteiger partial charge is 0.294 e. The number of nitrogens with one attached hydrogen (secondary N) is 1. The molecule has 0 fully saturated rings. The van der Waals surface area contributed by atoms with Gasteiger partial charge in [0.25, 0.3) is 11.8 Å². The number of benzene rings is 2. The molecule has 1 aromatic heterocycles.